The Morgan fingerprint density at radius 3 is 2.69 bits per heavy atom. The maximum atomic E-state index is 12.9. The summed E-state index contributed by atoms with van der Waals surface area (Å²) in [4.78, 5) is 50.1. The highest BCUT2D eigenvalue weighted by Gasteiger charge is 2.44. The minimum Gasteiger partial charge on any atom is -0.383 e. The monoisotopic (exact) mass is 400 g/mol. The molecule has 2 saturated heterocycles. The van der Waals surface area contributed by atoms with Crippen LogP contribution in [0.4, 0.5) is 0 Å². The Bertz CT molecular complexity index is 878. The number of carbonyl (C=O) groups excluding carboxylic acids is 4. The van der Waals surface area contributed by atoms with Crippen molar-refractivity contribution >= 4 is 23.6 Å². The van der Waals surface area contributed by atoms with Crippen LogP contribution in [-0.4, -0.2) is 66.9 Å². The van der Waals surface area contributed by atoms with Gasteiger partial charge in [0.25, 0.3) is 11.8 Å². The molecule has 29 heavy (non-hydrogen) atoms. The smallest absolute Gasteiger partial charge is 0.262 e. The van der Waals surface area contributed by atoms with Crippen LogP contribution in [0.2, 0.25) is 0 Å². The number of imide groups is 2. The van der Waals surface area contributed by atoms with Crippen LogP contribution < -0.4 is 16.0 Å². The highest BCUT2D eigenvalue weighted by Crippen LogP contribution is 2.28. The number of carbonyl (C=O) groups is 4. The van der Waals surface area contributed by atoms with Crippen LogP contribution in [0.25, 0.3) is 0 Å². The molecule has 1 aromatic rings. The Labute approximate surface area is 168 Å². The van der Waals surface area contributed by atoms with Gasteiger partial charge in [-0.3, -0.25) is 29.4 Å². The van der Waals surface area contributed by atoms with Gasteiger partial charge in [-0.25, -0.2) is 0 Å². The molecule has 0 aliphatic carbocycles. The van der Waals surface area contributed by atoms with Gasteiger partial charge in [0.15, 0.2) is 0 Å². The van der Waals surface area contributed by atoms with Gasteiger partial charge in [0.2, 0.25) is 11.8 Å². The largest absolute Gasteiger partial charge is 0.383 e. The lowest BCUT2D eigenvalue weighted by molar-refractivity contribution is -0.136. The summed E-state index contributed by atoms with van der Waals surface area (Å²) in [5.74, 6) is -1.97. The summed E-state index contributed by atoms with van der Waals surface area (Å²) in [5, 5.41) is 9.05. The molecule has 154 valence electrons. The van der Waals surface area contributed by atoms with E-state index in [0.717, 1.165) is 30.0 Å². The Kier molecular flexibility index (Phi) is 5.20. The number of piperidine rings is 1. The van der Waals surface area contributed by atoms with Crippen molar-refractivity contribution in [2.45, 2.75) is 37.4 Å². The average molecular weight is 400 g/mol. The molecule has 0 radical (unpaired) electrons. The second-order valence-electron chi connectivity index (χ2n) is 7.82. The SMILES string of the molecule is COCC1(NCc2ccc3c(c2)C(=O)N(C2CCC(=O)NC2=O)C3=O)CCNC1. The maximum absolute atomic E-state index is 12.9. The molecule has 2 atom stereocenters. The Balaban J connectivity index is 1.51. The molecule has 0 bridgehead atoms. The number of amides is 4. The van der Waals surface area contributed by atoms with E-state index >= 15 is 0 Å². The quantitative estimate of drug-likeness (QED) is 0.554. The normalized spacial score (nSPS) is 26.8. The molecule has 2 unspecified atom stereocenters. The minimum absolute atomic E-state index is 0.106. The molecule has 3 heterocycles. The van der Waals surface area contributed by atoms with Gasteiger partial charge in [0.1, 0.15) is 6.04 Å². The number of methoxy groups -OCH3 is 1. The first-order valence-electron chi connectivity index (χ1n) is 9.73. The summed E-state index contributed by atoms with van der Waals surface area (Å²) in [5.41, 5.74) is 1.30. The summed E-state index contributed by atoms with van der Waals surface area (Å²) < 4.78 is 5.35. The summed E-state index contributed by atoms with van der Waals surface area (Å²) in [6.45, 7) is 2.81. The van der Waals surface area contributed by atoms with E-state index in [1.165, 1.54) is 0 Å². The standard InChI is InChI=1S/C20H24N4O5/c1-29-11-20(6-7-21-10-20)22-9-12-2-3-13-14(8-12)19(28)24(18(13)27)15-4-5-16(25)23-17(15)26/h2-3,8,15,21-22H,4-7,9-11H2,1H3,(H,23,25,26). The van der Waals surface area contributed by atoms with Crippen LogP contribution in [0.3, 0.4) is 0 Å². The predicted octanol–water partition coefficient (Wildman–Crippen LogP) is -0.444. The van der Waals surface area contributed by atoms with Gasteiger partial charge in [-0.05, 0) is 37.1 Å². The molecule has 3 N–H and O–H groups in total. The number of benzene rings is 1. The van der Waals surface area contributed by atoms with Gasteiger partial charge >= 0.3 is 0 Å². The second kappa shape index (κ2) is 7.66. The summed E-state index contributed by atoms with van der Waals surface area (Å²) >= 11 is 0. The number of nitrogens with one attached hydrogen (secondary N) is 3. The maximum Gasteiger partial charge on any atom is 0.262 e. The molecule has 9 nitrogen and oxygen atoms in total. The molecular formula is C20H24N4O5. The number of hydrogen-bond donors (Lipinski definition) is 3. The van der Waals surface area contributed by atoms with E-state index in [-0.39, 0.29) is 29.9 Å². The Morgan fingerprint density at radius 1 is 1.21 bits per heavy atom. The third-order valence-electron chi connectivity index (χ3n) is 5.84. The van der Waals surface area contributed by atoms with Crippen molar-refractivity contribution in [3.63, 3.8) is 0 Å². The fourth-order valence-electron chi connectivity index (χ4n) is 4.26. The molecule has 9 heteroatoms. The van der Waals surface area contributed by atoms with Crippen molar-refractivity contribution in [3.8, 4) is 0 Å². The average Bonchev–Trinajstić information content (AvgIpc) is 3.25. The molecule has 4 rings (SSSR count). The van der Waals surface area contributed by atoms with Gasteiger partial charge in [-0.15, -0.1) is 0 Å². The molecule has 3 aliphatic heterocycles. The van der Waals surface area contributed by atoms with Crippen molar-refractivity contribution in [2.24, 2.45) is 0 Å². The zero-order chi connectivity index (χ0) is 20.6. The van der Waals surface area contributed by atoms with Crippen LogP contribution in [0.1, 0.15) is 45.5 Å². The van der Waals surface area contributed by atoms with Crippen LogP contribution >= 0.6 is 0 Å². The van der Waals surface area contributed by atoms with E-state index < -0.39 is 23.8 Å². The second-order valence-corrected chi connectivity index (χ2v) is 7.82. The van der Waals surface area contributed by atoms with E-state index in [1.807, 2.05) is 6.07 Å². The molecule has 0 saturated carbocycles. The van der Waals surface area contributed by atoms with Crippen LogP contribution in [0.5, 0.6) is 0 Å². The van der Waals surface area contributed by atoms with E-state index in [4.69, 9.17) is 4.74 Å². The van der Waals surface area contributed by atoms with E-state index in [9.17, 15) is 19.2 Å². The van der Waals surface area contributed by atoms with Gasteiger partial charge in [-0.2, -0.15) is 0 Å². The predicted molar refractivity (Wildman–Crippen MR) is 102 cm³/mol. The molecule has 1 aromatic carbocycles. The van der Waals surface area contributed by atoms with Gasteiger partial charge in [0, 0.05) is 26.6 Å². The lowest BCUT2D eigenvalue weighted by atomic mass is 9.98. The van der Waals surface area contributed by atoms with E-state index in [1.54, 1.807) is 19.2 Å². The fourth-order valence-corrected chi connectivity index (χ4v) is 4.26. The Morgan fingerprint density at radius 2 is 2.00 bits per heavy atom. The number of rotatable bonds is 6. The lowest BCUT2D eigenvalue weighted by Gasteiger charge is -2.29. The number of fused-ring (bicyclic) bond motifs is 1. The number of hydrogen-bond acceptors (Lipinski definition) is 7. The van der Waals surface area contributed by atoms with Crippen LogP contribution in [-0.2, 0) is 20.9 Å². The summed E-state index contributed by atoms with van der Waals surface area (Å²) in [7, 11) is 1.67. The van der Waals surface area contributed by atoms with Crippen molar-refractivity contribution < 1.29 is 23.9 Å². The van der Waals surface area contributed by atoms with Crippen molar-refractivity contribution in [1.29, 1.82) is 0 Å². The number of ether oxygens (including phenoxy) is 1. The zero-order valence-corrected chi connectivity index (χ0v) is 16.2. The molecule has 3 aliphatic rings. The molecule has 2 fully saturated rings. The van der Waals surface area contributed by atoms with Crippen molar-refractivity contribution in [1.82, 2.24) is 20.9 Å². The summed E-state index contributed by atoms with van der Waals surface area (Å²) in [6.07, 6.45) is 1.19. The molecule has 4 amide bonds. The highest BCUT2D eigenvalue weighted by atomic mass is 16.5. The first kappa shape index (κ1) is 19.7. The fraction of sp³-hybridized carbons (Fsp3) is 0.500. The minimum atomic E-state index is -0.948. The highest BCUT2D eigenvalue weighted by molar-refractivity contribution is 6.23. The molecular weight excluding hydrogens is 376 g/mol. The van der Waals surface area contributed by atoms with Gasteiger partial charge in [0.05, 0.1) is 23.3 Å². The van der Waals surface area contributed by atoms with E-state index in [0.29, 0.717) is 18.7 Å². The van der Waals surface area contributed by atoms with Crippen LogP contribution in [0, 0.1) is 0 Å². The number of nitrogens with zero attached hydrogens (tertiary/aromatic N) is 1. The lowest BCUT2D eigenvalue weighted by Crippen LogP contribution is -2.54. The topological polar surface area (TPSA) is 117 Å². The molecule has 0 aromatic heterocycles. The zero-order valence-electron chi connectivity index (χ0n) is 16.2. The third kappa shape index (κ3) is 3.57. The van der Waals surface area contributed by atoms with Crippen molar-refractivity contribution in [2.75, 3.05) is 26.8 Å². The van der Waals surface area contributed by atoms with Crippen LogP contribution in [0.15, 0.2) is 18.2 Å². The van der Waals surface area contributed by atoms with Gasteiger partial charge < -0.3 is 15.4 Å². The van der Waals surface area contributed by atoms with E-state index in [2.05, 4.69) is 16.0 Å². The third-order valence-corrected chi connectivity index (χ3v) is 5.84. The first-order valence-corrected chi connectivity index (χ1v) is 9.73. The Hall–Kier alpha value is -2.62. The van der Waals surface area contributed by atoms with Gasteiger partial charge in [-0.1, -0.05) is 6.07 Å². The summed E-state index contributed by atoms with van der Waals surface area (Å²) in [6, 6.07) is 4.20. The first-order chi connectivity index (χ1) is 13.9. The van der Waals surface area contributed by atoms with Crippen molar-refractivity contribution in [3.05, 3.63) is 34.9 Å². The molecule has 0 spiro atoms.